The number of halogens is 1. The zero-order valence-corrected chi connectivity index (χ0v) is 36.4. The van der Waals surface area contributed by atoms with Gasteiger partial charge in [-0.1, -0.05) is 48.9 Å². The minimum atomic E-state index is -2.10. The molecule has 332 valence electrons. The van der Waals surface area contributed by atoms with Gasteiger partial charge in [-0.25, -0.2) is 4.39 Å². The summed E-state index contributed by atoms with van der Waals surface area (Å²) in [5.74, 6) is -6.02. The number of carbonyl (C=O) groups is 5. The molecule has 13 nitrogen and oxygen atoms in total. The normalized spacial score (nSPS) is 35.1. The molecule has 5 aliphatic carbocycles. The highest BCUT2D eigenvalue weighted by Crippen LogP contribution is 2.72. The van der Waals surface area contributed by atoms with E-state index in [1.807, 2.05) is 62.3 Å². The Balaban J connectivity index is 0.812. The number of aromatic nitrogens is 1. The molecular weight excluding hydrogens is 810 g/mol. The molecule has 0 radical (unpaired) electrons. The van der Waals surface area contributed by atoms with E-state index >= 15 is 4.39 Å². The van der Waals surface area contributed by atoms with Gasteiger partial charge >= 0.3 is 11.9 Å². The molecule has 3 unspecified atom stereocenters. The summed E-state index contributed by atoms with van der Waals surface area (Å²) in [5.41, 5.74) is -3.26. The largest absolute Gasteiger partial charge is 0.461 e. The highest BCUT2D eigenvalue weighted by atomic mass is 19.1. The Morgan fingerprint density at radius 1 is 0.968 bits per heavy atom. The Morgan fingerprint density at radius 2 is 1.70 bits per heavy atom. The van der Waals surface area contributed by atoms with Crippen molar-refractivity contribution in [2.75, 3.05) is 26.0 Å². The Labute approximate surface area is 365 Å². The fourth-order valence-corrected chi connectivity index (χ4v) is 12.0. The fraction of sp³-hybridized carbons (Fsp3) is 0.510. The Bertz CT molecular complexity index is 2470. The number of Topliss-reactive ketones (excluding diaryl/α,β-unsaturated/α-hetero) is 1. The number of ether oxygens (including phenoxy) is 4. The van der Waals surface area contributed by atoms with Gasteiger partial charge in [-0.3, -0.25) is 33.9 Å². The highest BCUT2D eigenvalue weighted by molar-refractivity contribution is 6.01. The Kier molecular flexibility index (Phi) is 10.4. The Morgan fingerprint density at radius 3 is 2.43 bits per heavy atom. The van der Waals surface area contributed by atoms with Crippen LogP contribution in [0.2, 0.25) is 0 Å². The van der Waals surface area contributed by atoms with E-state index in [4.69, 9.17) is 18.9 Å². The number of hydrogen-bond acceptors (Lipinski definition) is 12. The number of anilines is 1. The number of benzene rings is 2. The molecule has 2 aromatic carbocycles. The third kappa shape index (κ3) is 6.86. The average molecular weight is 864 g/mol. The van der Waals surface area contributed by atoms with E-state index in [0.29, 0.717) is 36.1 Å². The van der Waals surface area contributed by atoms with Crippen LogP contribution in [0.15, 0.2) is 84.7 Å². The van der Waals surface area contributed by atoms with Crippen LogP contribution in [0.3, 0.4) is 0 Å². The second kappa shape index (κ2) is 15.2. The molecule has 5 fully saturated rings. The number of nitrogens with zero attached hydrogens (tertiary/aromatic N) is 2. The van der Waals surface area contributed by atoms with Crippen LogP contribution >= 0.6 is 0 Å². The van der Waals surface area contributed by atoms with Crippen molar-refractivity contribution >= 4 is 45.9 Å². The summed E-state index contributed by atoms with van der Waals surface area (Å²) in [6.07, 6.45) is 6.87. The number of nitrogens with one attached hydrogen (secondary N) is 1. The van der Waals surface area contributed by atoms with Gasteiger partial charge in [0.05, 0.1) is 24.0 Å². The SMILES string of the molecule is CN(C)C(C(=O)Nc1ccc2cnccc2c1)c1ccc(COC(=O)C2CC2C(=O)OCC(=O)[C@@]23OC(C)(C)O[C@@H]2C[C@H]2[C@@H]4CCC5=CC(=O)C=C[C@]5(C)[C@@]4(F)[C@@H](O)C[C@@]23C)cc1. The second-order valence-corrected chi connectivity index (χ2v) is 19.5. The first-order chi connectivity index (χ1) is 29.8. The first-order valence-corrected chi connectivity index (χ1v) is 21.8. The van der Waals surface area contributed by atoms with Crippen molar-refractivity contribution in [1.82, 2.24) is 9.88 Å². The molecule has 2 N–H and O–H groups in total. The van der Waals surface area contributed by atoms with Gasteiger partial charge in [0.15, 0.2) is 29.4 Å². The van der Waals surface area contributed by atoms with Crippen LogP contribution in [-0.2, 0) is 49.5 Å². The van der Waals surface area contributed by atoms with Gasteiger partial charge < -0.3 is 29.4 Å². The van der Waals surface area contributed by atoms with E-state index < -0.39 is 94.1 Å². The van der Waals surface area contributed by atoms with E-state index in [1.165, 1.54) is 12.2 Å². The van der Waals surface area contributed by atoms with Gasteiger partial charge in [-0.15, -0.1) is 0 Å². The van der Waals surface area contributed by atoms with E-state index in [-0.39, 0.29) is 31.1 Å². The van der Waals surface area contributed by atoms with Crippen molar-refractivity contribution in [3.63, 3.8) is 0 Å². The number of alkyl halides is 1. The number of allylic oxidation sites excluding steroid dienone is 4. The molecule has 1 aliphatic heterocycles. The maximum Gasteiger partial charge on any atom is 0.310 e. The molecule has 6 aliphatic rings. The van der Waals surface area contributed by atoms with Crippen molar-refractivity contribution in [2.45, 2.75) is 102 Å². The number of amides is 1. The summed E-state index contributed by atoms with van der Waals surface area (Å²) in [6, 6.07) is 14.1. The average Bonchev–Trinajstić information content (AvgIpc) is 3.94. The number of carbonyl (C=O) groups excluding carboxylic acids is 5. The monoisotopic (exact) mass is 863 g/mol. The molecule has 1 aromatic heterocycles. The number of esters is 2. The summed E-state index contributed by atoms with van der Waals surface area (Å²) in [7, 11) is 3.64. The predicted octanol–water partition coefficient (Wildman–Crippen LogP) is 6.14. The van der Waals surface area contributed by atoms with Crippen molar-refractivity contribution in [3.8, 4) is 0 Å². The van der Waals surface area contributed by atoms with Gasteiger partial charge in [0.2, 0.25) is 11.7 Å². The quantitative estimate of drug-likeness (QED) is 0.212. The van der Waals surface area contributed by atoms with Gasteiger partial charge in [0, 0.05) is 40.2 Å². The molecule has 9 rings (SSSR count). The molecule has 1 saturated heterocycles. The molecule has 2 heterocycles. The maximum atomic E-state index is 17.8. The van der Waals surface area contributed by atoms with Crippen molar-refractivity contribution in [2.24, 2.45) is 34.5 Å². The summed E-state index contributed by atoms with van der Waals surface area (Å²) in [4.78, 5) is 72.6. The maximum absolute atomic E-state index is 17.8. The van der Waals surface area contributed by atoms with Crippen LogP contribution < -0.4 is 5.32 Å². The van der Waals surface area contributed by atoms with Gasteiger partial charge in [-0.05, 0) is 120 Å². The van der Waals surface area contributed by atoms with Crippen molar-refractivity contribution in [3.05, 3.63) is 95.9 Å². The van der Waals surface area contributed by atoms with Crippen LogP contribution in [0, 0.1) is 34.5 Å². The van der Waals surface area contributed by atoms with Crippen LogP contribution in [0.4, 0.5) is 10.1 Å². The van der Waals surface area contributed by atoms with E-state index in [0.717, 1.165) is 16.3 Å². The lowest BCUT2D eigenvalue weighted by molar-refractivity contribution is -0.246. The Hall–Kier alpha value is -5.15. The first kappa shape index (κ1) is 43.1. The molecule has 0 bridgehead atoms. The number of fused-ring (bicyclic) bond motifs is 8. The number of rotatable bonds is 11. The number of aliphatic hydroxyl groups excluding tert-OH is 1. The van der Waals surface area contributed by atoms with Crippen molar-refractivity contribution < 1.29 is 52.4 Å². The zero-order valence-electron chi connectivity index (χ0n) is 36.4. The molecular formula is C49H54FN3O10. The number of aliphatic hydroxyl groups is 1. The highest BCUT2D eigenvalue weighted by Gasteiger charge is 2.80. The van der Waals surface area contributed by atoms with Gasteiger partial charge in [-0.2, -0.15) is 0 Å². The lowest BCUT2D eigenvalue weighted by Crippen LogP contribution is -2.70. The third-order valence-corrected chi connectivity index (χ3v) is 15.1. The lowest BCUT2D eigenvalue weighted by Gasteiger charge is -2.62. The number of likely N-dealkylation sites (N-methyl/N-ethyl adjacent to an activating group) is 1. The molecule has 14 heteroatoms. The van der Waals surface area contributed by atoms with Crippen LogP contribution in [0.1, 0.15) is 77.0 Å². The van der Waals surface area contributed by atoms with E-state index in [2.05, 4.69) is 10.3 Å². The summed E-state index contributed by atoms with van der Waals surface area (Å²) >= 11 is 0. The number of hydrogen-bond donors (Lipinski definition) is 2. The lowest BCUT2D eigenvalue weighted by atomic mass is 9.44. The number of pyridine rings is 1. The number of ketones is 2. The second-order valence-electron chi connectivity index (χ2n) is 19.5. The van der Waals surface area contributed by atoms with Crippen LogP contribution in [-0.4, -0.2) is 94.4 Å². The topological polar surface area (TPSA) is 171 Å². The van der Waals surface area contributed by atoms with Crippen LogP contribution in [0.5, 0.6) is 0 Å². The van der Waals surface area contributed by atoms with Gasteiger partial charge in [0.1, 0.15) is 12.6 Å². The van der Waals surface area contributed by atoms with E-state index in [9.17, 15) is 29.1 Å². The van der Waals surface area contributed by atoms with Gasteiger partial charge in [0.25, 0.3) is 0 Å². The van der Waals surface area contributed by atoms with E-state index in [1.54, 1.807) is 51.4 Å². The molecule has 63 heavy (non-hydrogen) atoms. The third-order valence-electron chi connectivity index (χ3n) is 15.1. The summed E-state index contributed by atoms with van der Waals surface area (Å²) in [6.45, 7) is 6.30. The fourth-order valence-electron chi connectivity index (χ4n) is 12.0. The minimum Gasteiger partial charge on any atom is -0.461 e. The predicted molar refractivity (Wildman–Crippen MR) is 227 cm³/mol. The molecule has 0 spiro atoms. The molecule has 11 atom stereocenters. The first-order valence-electron chi connectivity index (χ1n) is 21.8. The smallest absolute Gasteiger partial charge is 0.310 e. The summed E-state index contributed by atoms with van der Waals surface area (Å²) in [5, 5.41) is 16.8. The summed E-state index contributed by atoms with van der Waals surface area (Å²) < 4.78 is 41.9. The molecule has 1 amide bonds. The molecule has 4 saturated carbocycles. The standard InChI is InChI=1S/C49H54FN3O10/c1-45(2)62-40-22-37-36-14-12-31-20-33(54)15-17-46(31,3)48(36,50)38(55)23-47(37,4)49(40,63-45)39(56)26-61-44(59)35-21-34(35)43(58)60-25-27-7-9-28(10-8-27)41(53(5)6)42(57)52-32-13-11-30-24-51-18-16-29(30)19-32/h7-11,13,15-20,24,34-38,40-41,55H,12,14,21-23,25-26H2,1-6H3,(H,52,57)/t34?,35?,36-,37-,38-,40+,41?,46-,47-,48-,49+/m0/s1. The van der Waals surface area contributed by atoms with Crippen molar-refractivity contribution in [1.29, 1.82) is 0 Å². The molecule has 3 aromatic rings. The zero-order chi connectivity index (χ0) is 44.9. The van der Waals surface area contributed by atoms with Crippen LogP contribution in [0.25, 0.3) is 10.8 Å². The minimum absolute atomic E-state index is 0.0460.